The largest absolute Gasteiger partial charge is 0.493 e. The highest BCUT2D eigenvalue weighted by Crippen LogP contribution is 2.53. The zero-order valence-electron chi connectivity index (χ0n) is 44.6. The number of anilines is 6. The Balaban J connectivity index is 1.25. The Bertz CT molecular complexity index is 3690. The van der Waals surface area contributed by atoms with E-state index in [2.05, 4.69) is 258 Å². The van der Waals surface area contributed by atoms with E-state index >= 15 is 0 Å². The maximum atomic E-state index is 6.55. The second-order valence-corrected chi connectivity index (χ2v) is 20.7. The molecule has 0 atom stereocenters. The molecule has 0 amide bonds. The second kappa shape index (κ2) is 20.6. The third-order valence-electron chi connectivity index (χ3n) is 15.4. The van der Waals surface area contributed by atoms with Crippen LogP contribution < -0.4 is 19.3 Å². The van der Waals surface area contributed by atoms with Gasteiger partial charge in [0.15, 0.2) is 0 Å². The first-order valence-electron chi connectivity index (χ1n) is 27.2. The van der Waals surface area contributed by atoms with E-state index in [9.17, 15) is 0 Å². The molecule has 0 radical (unpaired) electrons. The minimum absolute atomic E-state index is 0.682. The average Bonchev–Trinajstić information content (AvgIpc) is 3.46. The molecular weight excluding hydrogens is 925 g/mol. The number of unbranched alkanes of at least 4 members (excludes halogenated alkanes) is 2. The maximum absolute atomic E-state index is 6.55. The molecule has 374 valence electrons. The van der Waals surface area contributed by atoms with Crippen LogP contribution in [0.15, 0.2) is 206 Å². The van der Waals surface area contributed by atoms with Gasteiger partial charge >= 0.3 is 0 Å². The number of hydrogen-bond acceptors (Lipinski definition) is 4. The number of rotatable bonds is 16. The van der Waals surface area contributed by atoms with E-state index in [-0.39, 0.29) is 0 Å². The predicted octanol–water partition coefficient (Wildman–Crippen LogP) is 20.8. The molecular formula is C72H64N2O2. The fourth-order valence-electron chi connectivity index (χ4n) is 11.3. The first kappa shape index (κ1) is 48.3. The minimum atomic E-state index is 0.682. The molecule has 12 aromatic carbocycles. The van der Waals surface area contributed by atoms with Crippen molar-refractivity contribution in [1.29, 1.82) is 0 Å². The lowest BCUT2D eigenvalue weighted by molar-refractivity contribution is 0.313. The Morgan fingerprint density at radius 1 is 0.303 bits per heavy atom. The van der Waals surface area contributed by atoms with E-state index in [1.807, 2.05) is 0 Å². The molecule has 76 heavy (non-hydrogen) atoms. The molecule has 4 heteroatoms. The smallest absolute Gasteiger partial charge is 0.127 e. The maximum Gasteiger partial charge on any atom is 0.127 e. The fourth-order valence-corrected chi connectivity index (χ4v) is 11.3. The first-order chi connectivity index (χ1) is 37.3. The summed E-state index contributed by atoms with van der Waals surface area (Å²) in [6.45, 7) is 14.4. The first-order valence-corrected chi connectivity index (χ1v) is 27.2. The Labute approximate surface area is 447 Å². The standard InChI is InChI=1S/C72H64N2O2/c1-7-9-43-75-69-21-13-17-55-57(15-11-19-59(55)69)65-45-67(73(51-31-23-47(3)24-32-51)52-33-25-48(4)26-34-52)63-42-40-62-66(58-16-12-20-60-56(58)18-14-22-70(60)76-44-10-8-2)46-68(64-41-39-61(65)71(63)72(62)64)74(53-35-27-49(5)28-36-53)54-37-29-50(6)30-38-54/h11-42,45-46H,7-10,43-44H2,1-6H3. The van der Waals surface area contributed by atoms with E-state index in [4.69, 9.17) is 9.47 Å². The van der Waals surface area contributed by atoms with Crippen molar-refractivity contribution in [2.45, 2.75) is 67.2 Å². The van der Waals surface area contributed by atoms with Crippen molar-refractivity contribution in [2.75, 3.05) is 23.0 Å². The van der Waals surface area contributed by atoms with Gasteiger partial charge in [0, 0.05) is 55.1 Å². The van der Waals surface area contributed by atoms with Crippen molar-refractivity contribution in [3.8, 4) is 33.8 Å². The third kappa shape index (κ3) is 8.82. The van der Waals surface area contributed by atoms with Crippen LogP contribution in [0.4, 0.5) is 34.1 Å². The molecule has 4 nitrogen and oxygen atoms in total. The zero-order valence-corrected chi connectivity index (χ0v) is 44.6. The number of ether oxygens (including phenoxy) is 2. The predicted molar refractivity (Wildman–Crippen MR) is 325 cm³/mol. The van der Waals surface area contributed by atoms with E-state index < -0.39 is 0 Å². The highest BCUT2D eigenvalue weighted by atomic mass is 16.5. The van der Waals surface area contributed by atoms with Gasteiger partial charge in [-0.15, -0.1) is 0 Å². The molecule has 0 aromatic heterocycles. The number of fused-ring (bicyclic) bond motifs is 2. The Kier molecular flexibility index (Phi) is 13.1. The van der Waals surface area contributed by atoms with Gasteiger partial charge in [-0.1, -0.05) is 182 Å². The molecule has 0 saturated carbocycles. The average molecular weight is 989 g/mol. The molecule has 0 fully saturated rings. The van der Waals surface area contributed by atoms with Crippen LogP contribution in [0.5, 0.6) is 11.5 Å². The van der Waals surface area contributed by atoms with Gasteiger partial charge in [-0.3, -0.25) is 0 Å². The summed E-state index contributed by atoms with van der Waals surface area (Å²) in [6, 6.07) is 77.0. The van der Waals surface area contributed by atoms with Gasteiger partial charge in [0.05, 0.1) is 24.6 Å². The van der Waals surface area contributed by atoms with Crippen molar-refractivity contribution in [1.82, 2.24) is 0 Å². The van der Waals surface area contributed by atoms with Gasteiger partial charge in [-0.05, 0) is 157 Å². The SMILES string of the molecule is CCCCOc1cccc2c(-c3cc(N(c4ccc(C)cc4)c4ccc(C)cc4)c4ccc5c(-c6cccc7c(OCCCC)cccc67)cc(N(c6ccc(C)cc6)c6ccc(C)cc6)c6ccc3c4c56)cccc12. The van der Waals surface area contributed by atoms with E-state index in [0.717, 1.165) is 115 Å². The van der Waals surface area contributed by atoms with Crippen LogP contribution in [0.1, 0.15) is 61.8 Å². The third-order valence-corrected chi connectivity index (χ3v) is 15.4. The van der Waals surface area contributed by atoms with E-state index in [1.165, 1.54) is 54.6 Å². The summed E-state index contributed by atoms with van der Waals surface area (Å²) < 4.78 is 13.1. The molecule has 0 aliphatic heterocycles. The summed E-state index contributed by atoms with van der Waals surface area (Å²) in [5.41, 5.74) is 16.1. The molecule has 0 heterocycles. The lowest BCUT2D eigenvalue weighted by Crippen LogP contribution is -2.12. The van der Waals surface area contributed by atoms with Crippen LogP contribution >= 0.6 is 0 Å². The Hall–Kier alpha value is -8.60. The summed E-state index contributed by atoms with van der Waals surface area (Å²) in [7, 11) is 0. The Morgan fingerprint density at radius 2 is 0.618 bits per heavy atom. The quantitative estimate of drug-likeness (QED) is 0.0711. The summed E-state index contributed by atoms with van der Waals surface area (Å²) in [6.07, 6.45) is 4.16. The second-order valence-electron chi connectivity index (χ2n) is 20.7. The molecule has 0 saturated heterocycles. The summed E-state index contributed by atoms with van der Waals surface area (Å²) in [5, 5.41) is 11.7. The molecule has 0 N–H and O–H groups in total. The molecule has 12 rings (SSSR count). The fraction of sp³-hybridized carbons (Fsp3) is 0.167. The number of hydrogen-bond donors (Lipinski definition) is 0. The normalized spacial score (nSPS) is 11.6. The topological polar surface area (TPSA) is 24.9 Å². The van der Waals surface area contributed by atoms with Gasteiger partial charge in [0.25, 0.3) is 0 Å². The molecule has 12 aromatic rings. The molecule has 0 aliphatic carbocycles. The van der Waals surface area contributed by atoms with Crippen LogP contribution in [-0.2, 0) is 0 Å². The van der Waals surface area contributed by atoms with Crippen LogP contribution in [-0.4, -0.2) is 13.2 Å². The van der Waals surface area contributed by atoms with Crippen molar-refractivity contribution >= 4 is 88.0 Å². The highest BCUT2D eigenvalue weighted by Gasteiger charge is 2.27. The van der Waals surface area contributed by atoms with Crippen molar-refractivity contribution in [2.24, 2.45) is 0 Å². The van der Waals surface area contributed by atoms with Gasteiger partial charge in [-0.25, -0.2) is 0 Å². The number of aryl methyl sites for hydroxylation is 4. The van der Waals surface area contributed by atoms with Crippen LogP contribution in [0, 0.1) is 27.7 Å². The van der Waals surface area contributed by atoms with Crippen molar-refractivity contribution in [3.63, 3.8) is 0 Å². The number of nitrogens with zero attached hydrogens (tertiary/aromatic N) is 2. The van der Waals surface area contributed by atoms with E-state index in [1.54, 1.807) is 0 Å². The summed E-state index contributed by atoms with van der Waals surface area (Å²) >= 11 is 0. The highest BCUT2D eigenvalue weighted by molar-refractivity contribution is 6.33. The minimum Gasteiger partial charge on any atom is -0.493 e. The van der Waals surface area contributed by atoms with Crippen molar-refractivity contribution < 1.29 is 9.47 Å². The molecule has 0 bridgehead atoms. The molecule has 0 spiro atoms. The summed E-state index contributed by atoms with van der Waals surface area (Å²) in [5.74, 6) is 1.84. The Morgan fingerprint density at radius 3 is 0.961 bits per heavy atom. The van der Waals surface area contributed by atoms with Crippen LogP contribution in [0.2, 0.25) is 0 Å². The van der Waals surface area contributed by atoms with E-state index in [0.29, 0.717) is 13.2 Å². The lowest BCUT2D eigenvalue weighted by Gasteiger charge is -2.31. The molecule has 0 aliphatic rings. The van der Waals surface area contributed by atoms with Gasteiger partial charge in [-0.2, -0.15) is 0 Å². The monoisotopic (exact) mass is 988 g/mol. The zero-order chi connectivity index (χ0) is 51.9. The van der Waals surface area contributed by atoms with Crippen LogP contribution in [0.25, 0.3) is 76.1 Å². The van der Waals surface area contributed by atoms with Crippen molar-refractivity contribution in [3.05, 3.63) is 229 Å². The lowest BCUT2D eigenvalue weighted by atomic mass is 9.84. The van der Waals surface area contributed by atoms with Crippen LogP contribution in [0.3, 0.4) is 0 Å². The summed E-state index contributed by atoms with van der Waals surface area (Å²) in [4.78, 5) is 4.94. The van der Waals surface area contributed by atoms with Gasteiger partial charge in [0.2, 0.25) is 0 Å². The number of benzene rings is 12. The van der Waals surface area contributed by atoms with Gasteiger partial charge < -0.3 is 19.3 Å². The van der Waals surface area contributed by atoms with Gasteiger partial charge in [0.1, 0.15) is 11.5 Å². The molecule has 0 unspecified atom stereocenters.